The molecule has 0 aromatic heterocycles. The fourth-order valence-corrected chi connectivity index (χ4v) is 0.708. The number of hydrogen-bond acceptors (Lipinski definition) is 1. The molecule has 1 unspecified atom stereocenters. The van der Waals surface area contributed by atoms with Gasteiger partial charge in [0.2, 0.25) is 0 Å². The van der Waals surface area contributed by atoms with Crippen molar-refractivity contribution in [1.29, 1.82) is 0 Å². The van der Waals surface area contributed by atoms with E-state index in [-0.39, 0.29) is 17.0 Å². The van der Waals surface area contributed by atoms with Crippen molar-refractivity contribution in [2.45, 2.75) is 6.92 Å². The molecular weight excluding hydrogens is 182 g/mol. The number of hydrogen-bond donors (Lipinski definition) is 1. The van der Waals surface area contributed by atoms with Gasteiger partial charge in [0.05, 0.1) is 11.6 Å². The van der Waals surface area contributed by atoms with Gasteiger partial charge in [-0.1, -0.05) is 41.7 Å². The highest BCUT2D eigenvalue weighted by molar-refractivity contribution is 6.59. The van der Waals surface area contributed by atoms with Gasteiger partial charge in [0.25, 0.3) is 0 Å². The summed E-state index contributed by atoms with van der Waals surface area (Å²) in [7, 11) is 0. The Morgan fingerprint density at radius 2 is 1.89 bits per heavy atom. The minimum Gasteiger partial charge on any atom is -0.396 e. The molecule has 0 spiro atoms. The molecule has 0 radical (unpaired) electrons. The van der Waals surface area contributed by atoms with E-state index in [2.05, 4.69) is 0 Å². The maximum atomic E-state index is 8.52. The first-order chi connectivity index (χ1) is 4.09. The summed E-state index contributed by atoms with van der Waals surface area (Å²) in [4.78, 5) is 0. The molecule has 0 fully saturated rings. The standard InChI is InChI=1S/C5H7Cl3O/c1-3(2-9)4(6)5(7)8/h3,9H,2H2,1H3. The Balaban J connectivity index is 4.02. The van der Waals surface area contributed by atoms with Crippen molar-refractivity contribution >= 4 is 34.8 Å². The van der Waals surface area contributed by atoms with Crippen LogP contribution in [0.5, 0.6) is 0 Å². The molecule has 0 aliphatic carbocycles. The molecule has 0 aliphatic rings. The number of halogens is 3. The minimum absolute atomic E-state index is 0.0261. The monoisotopic (exact) mass is 188 g/mol. The first-order valence-electron chi connectivity index (χ1n) is 2.41. The third kappa shape index (κ3) is 3.31. The summed E-state index contributed by atoms with van der Waals surface area (Å²) in [6, 6.07) is 0. The number of aliphatic hydroxyl groups is 1. The molecular formula is C5H7Cl3O. The normalized spacial score (nSPS) is 13.0. The topological polar surface area (TPSA) is 20.2 Å². The van der Waals surface area contributed by atoms with Crippen LogP contribution >= 0.6 is 34.8 Å². The average Bonchev–Trinajstić information content (AvgIpc) is 1.84. The van der Waals surface area contributed by atoms with Crippen LogP contribution in [0.2, 0.25) is 0 Å². The van der Waals surface area contributed by atoms with Gasteiger partial charge < -0.3 is 5.11 Å². The van der Waals surface area contributed by atoms with E-state index >= 15 is 0 Å². The zero-order chi connectivity index (χ0) is 7.44. The molecule has 1 N–H and O–H groups in total. The van der Waals surface area contributed by atoms with E-state index in [1.165, 1.54) is 0 Å². The lowest BCUT2D eigenvalue weighted by Crippen LogP contribution is -2.00. The van der Waals surface area contributed by atoms with Gasteiger partial charge >= 0.3 is 0 Å². The van der Waals surface area contributed by atoms with Crippen LogP contribution in [0.25, 0.3) is 0 Å². The van der Waals surface area contributed by atoms with E-state index < -0.39 is 0 Å². The minimum atomic E-state index is -0.170. The molecule has 0 heterocycles. The maximum Gasteiger partial charge on any atom is 0.121 e. The highest BCUT2D eigenvalue weighted by Crippen LogP contribution is 2.24. The van der Waals surface area contributed by atoms with E-state index in [9.17, 15) is 0 Å². The van der Waals surface area contributed by atoms with Gasteiger partial charge in [-0.3, -0.25) is 0 Å². The van der Waals surface area contributed by atoms with Crippen LogP contribution in [0, 0.1) is 5.92 Å². The molecule has 9 heavy (non-hydrogen) atoms. The van der Waals surface area contributed by atoms with Crippen LogP contribution in [-0.2, 0) is 0 Å². The molecule has 0 aromatic carbocycles. The second-order valence-corrected chi connectivity index (χ2v) is 3.05. The third-order valence-electron chi connectivity index (χ3n) is 0.887. The zero-order valence-corrected chi connectivity index (χ0v) is 7.13. The van der Waals surface area contributed by atoms with Crippen LogP contribution in [-0.4, -0.2) is 11.7 Å². The van der Waals surface area contributed by atoms with E-state index in [0.29, 0.717) is 5.03 Å². The third-order valence-corrected chi connectivity index (χ3v) is 2.05. The Labute approximate surface area is 69.2 Å². The Morgan fingerprint density at radius 3 is 2.00 bits per heavy atom. The molecule has 0 rings (SSSR count). The van der Waals surface area contributed by atoms with Gasteiger partial charge in [-0.2, -0.15) is 0 Å². The summed E-state index contributed by atoms with van der Waals surface area (Å²) in [6.07, 6.45) is 0. The largest absolute Gasteiger partial charge is 0.396 e. The van der Waals surface area contributed by atoms with Gasteiger partial charge in [-0.05, 0) is 0 Å². The molecule has 0 saturated heterocycles. The average molecular weight is 189 g/mol. The Morgan fingerprint density at radius 1 is 1.44 bits per heavy atom. The summed E-state index contributed by atoms with van der Waals surface area (Å²) in [5, 5.41) is 8.82. The van der Waals surface area contributed by atoms with Crippen LogP contribution in [0.3, 0.4) is 0 Å². The predicted molar refractivity (Wildman–Crippen MR) is 40.8 cm³/mol. The summed E-state index contributed by atoms with van der Waals surface area (Å²) in [5.41, 5.74) is 0. The molecule has 0 amide bonds. The van der Waals surface area contributed by atoms with E-state index in [0.717, 1.165) is 0 Å². The molecule has 0 aromatic rings. The summed E-state index contributed by atoms with van der Waals surface area (Å²) in [5.74, 6) is -0.170. The number of aliphatic hydroxyl groups excluding tert-OH is 1. The van der Waals surface area contributed by atoms with Crippen molar-refractivity contribution < 1.29 is 5.11 Å². The second-order valence-electron chi connectivity index (χ2n) is 1.69. The Kier molecular flexibility index (Phi) is 4.67. The fraction of sp³-hybridized carbons (Fsp3) is 0.600. The highest BCUT2D eigenvalue weighted by Gasteiger charge is 2.07. The van der Waals surface area contributed by atoms with E-state index in [4.69, 9.17) is 39.9 Å². The Hall–Kier alpha value is 0.570. The van der Waals surface area contributed by atoms with Crippen molar-refractivity contribution in [3.63, 3.8) is 0 Å². The van der Waals surface area contributed by atoms with Crippen LogP contribution in [0.1, 0.15) is 6.92 Å². The lowest BCUT2D eigenvalue weighted by Gasteiger charge is -2.04. The van der Waals surface area contributed by atoms with E-state index in [1.807, 2.05) is 0 Å². The molecule has 1 atom stereocenters. The molecule has 0 aliphatic heterocycles. The van der Waals surface area contributed by atoms with Crippen molar-refractivity contribution in [2.75, 3.05) is 6.61 Å². The van der Waals surface area contributed by atoms with Crippen molar-refractivity contribution in [3.8, 4) is 0 Å². The van der Waals surface area contributed by atoms with Gasteiger partial charge in [0.1, 0.15) is 4.49 Å². The maximum absolute atomic E-state index is 8.52. The first kappa shape index (κ1) is 9.57. The fourth-order valence-electron chi connectivity index (χ4n) is 0.266. The molecule has 4 heteroatoms. The smallest absolute Gasteiger partial charge is 0.121 e. The highest BCUT2D eigenvalue weighted by atomic mass is 35.5. The second kappa shape index (κ2) is 4.40. The predicted octanol–water partition coefficient (Wildman–Crippen LogP) is 2.50. The van der Waals surface area contributed by atoms with Gasteiger partial charge in [0.15, 0.2) is 0 Å². The van der Waals surface area contributed by atoms with Crippen molar-refractivity contribution in [3.05, 3.63) is 9.52 Å². The molecule has 54 valence electrons. The van der Waals surface area contributed by atoms with Gasteiger partial charge in [-0.25, -0.2) is 0 Å². The van der Waals surface area contributed by atoms with Crippen LogP contribution < -0.4 is 0 Å². The summed E-state index contributed by atoms with van der Waals surface area (Å²) in [6.45, 7) is 1.69. The first-order valence-corrected chi connectivity index (χ1v) is 3.54. The van der Waals surface area contributed by atoms with Gasteiger partial charge in [-0.15, -0.1) is 0 Å². The van der Waals surface area contributed by atoms with E-state index in [1.54, 1.807) is 6.92 Å². The zero-order valence-electron chi connectivity index (χ0n) is 4.87. The summed E-state index contributed by atoms with van der Waals surface area (Å²) < 4.78 is 0.0261. The lowest BCUT2D eigenvalue weighted by molar-refractivity contribution is 0.260. The van der Waals surface area contributed by atoms with Crippen molar-refractivity contribution in [2.24, 2.45) is 5.92 Å². The summed E-state index contributed by atoms with van der Waals surface area (Å²) >= 11 is 16.1. The quantitative estimate of drug-likeness (QED) is 0.708. The van der Waals surface area contributed by atoms with Crippen LogP contribution in [0.15, 0.2) is 9.52 Å². The van der Waals surface area contributed by atoms with Gasteiger partial charge in [0, 0.05) is 5.92 Å². The number of rotatable bonds is 2. The lowest BCUT2D eigenvalue weighted by atomic mass is 10.2. The Bertz CT molecular complexity index is 117. The molecule has 0 bridgehead atoms. The van der Waals surface area contributed by atoms with Crippen LogP contribution in [0.4, 0.5) is 0 Å². The SMILES string of the molecule is CC(CO)C(Cl)=C(Cl)Cl. The van der Waals surface area contributed by atoms with Crippen molar-refractivity contribution in [1.82, 2.24) is 0 Å². The molecule has 0 saturated carbocycles. The molecule has 1 nitrogen and oxygen atoms in total.